The summed E-state index contributed by atoms with van der Waals surface area (Å²) in [6, 6.07) is 2.66. The Kier molecular flexibility index (Phi) is 6.19. The molecule has 0 spiro atoms. The van der Waals surface area contributed by atoms with Gasteiger partial charge < -0.3 is 20.3 Å². The van der Waals surface area contributed by atoms with Crippen LogP contribution >= 0.6 is 0 Å². The van der Waals surface area contributed by atoms with Crippen molar-refractivity contribution >= 4 is 11.9 Å². The van der Waals surface area contributed by atoms with Crippen LogP contribution in [0.4, 0.5) is 4.79 Å². The van der Waals surface area contributed by atoms with E-state index in [1.165, 1.54) is 6.42 Å². The van der Waals surface area contributed by atoms with E-state index in [1.807, 2.05) is 4.90 Å². The van der Waals surface area contributed by atoms with Crippen LogP contribution in [0.15, 0.2) is 18.3 Å². The molecule has 1 aromatic heterocycles. The van der Waals surface area contributed by atoms with E-state index in [0.717, 1.165) is 31.5 Å². The van der Waals surface area contributed by atoms with E-state index >= 15 is 0 Å². The zero-order valence-corrected chi connectivity index (χ0v) is 13.7. The number of carbonyl (C=O) groups is 2. The molecule has 3 amide bonds. The summed E-state index contributed by atoms with van der Waals surface area (Å²) in [5.74, 6) is 0.476. The lowest BCUT2D eigenvalue weighted by molar-refractivity contribution is -0.133. The van der Waals surface area contributed by atoms with Crippen molar-refractivity contribution in [1.82, 2.24) is 20.5 Å². The van der Waals surface area contributed by atoms with Gasteiger partial charge in [0.1, 0.15) is 6.04 Å². The Morgan fingerprint density at radius 2 is 2.09 bits per heavy atom. The molecule has 2 rings (SSSR count). The van der Waals surface area contributed by atoms with Gasteiger partial charge in [-0.3, -0.25) is 4.79 Å². The number of piperidine rings is 1. The molecular weight excluding hydrogens is 296 g/mol. The monoisotopic (exact) mass is 320 g/mol. The lowest BCUT2D eigenvalue weighted by Crippen LogP contribution is -2.50. The van der Waals surface area contributed by atoms with E-state index < -0.39 is 6.04 Å². The predicted molar refractivity (Wildman–Crippen MR) is 86.1 cm³/mol. The third kappa shape index (κ3) is 5.12. The van der Waals surface area contributed by atoms with Gasteiger partial charge in [-0.25, -0.2) is 9.78 Å². The molecule has 0 aliphatic carbocycles. The van der Waals surface area contributed by atoms with Crippen molar-refractivity contribution in [1.29, 1.82) is 0 Å². The van der Waals surface area contributed by atoms with Gasteiger partial charge in [0.15, 0.2) is 0 Å². The molecular formula is C16H24N4O3. The van der Waals surface area contributed by atoms with E-state index in [-0.39, 0.29) is 11.9 Å². The fraction of sp³-hybridized carbons (Fsp3) is 0.562. The number of nitrogens with zero attached hydrogens (tertiary/aromatic N) is 2. The predicted octanol–water partition coefficient (Wildman–Crippen LogP) is 1.29. The minimum Gasteiger partial charge on any atom is -0.481 e. The maximum atomic E-state index is 12.2. The van der Waals surface area contributed by atoms with Gasteiger partial charge in [-0.05, 0) is 37.8 Å². The molecule has 2 N–H and O–H groups in total. The smallest absolute Gasteiger partial charge is 0.315 e. The number of urea groups is 1. The van der Waals surface area contributed by atoms with E-state index in [4.69, 9.17) is 4.74 Å². The highest BCUT2D eigenvalue weighted by atomic mass is 16.5. The number of rotatable bonds is 5. The van der Waals surface area contributed by atoms with Gasteiger partial charge in [0.05, 0.1) is 7.11 Å². The second kappa shape index (κ2) is 8.36. The molecule has 1 aromatic rings. The number of nitrogens with one attached hydrogen (secondary N) is 2. The van der Waals surface area contributed by atoms with Crippen molar-refractivity contribution in [3.05, 3.63) is 23.9 Å². The summed E-state index contributed by atoms with van der Waals surface area (Å²) in [6.45, 7) is 3.62. The highest BCUT2D eigenvalue weighted by Gasteiger charge is 2.23. The molecule has 1 aliphatic heterocycles. The van der Waals surface area contributed by atoms with Gasteiger partial charge in [-0.1, -0.05) is 0 Å². The number of amides is 3. The highest BCUT2D eigenvalue weighted by Crippen LogP contribution is 2.10. The van der Waals surface area contributed by atoms with Gasteiger partial charge in [0.2, 0.25) is 11.8 Å². The third-order valence-electron chi connectivity index (χ3n) is 3.85. The summed E-state index contributed by atoms with van der Waals surface area (Å²) in [7, 11) is 1.54. The molecule has 7 nitrogen and oxygen atoms in total. The van der Waals surface area contributed by atoms with Gasteiger partial charge in [-0.2, -0.15) is 0 Å². The number of carbonyl (C=O) groups excluding carboxylic acids is 2. The number of hydrogen-bond acceptors (Lipinski definition) is 4. The van der Waals surface area contributed by atoms with Crippen molar-refractivity contribution in [2.45, 2.75) is 38.8 Å². The molecule has 7 heteroatoms. The molecule has 126 valence electrons. The molecule has 23 heavy (non-hydrogen) atoms. The summed E-state index contributed by atoms with van der Waals surface area (Å²) in [6.07, 6.45) is 4.86. The third-order valence-corrected chi connectivity index (χ3v) is 3.85. The number of ether oxygens (including phenoxy) is 1. The van der Waals surface area contributed by atoms with E-state index in [2.05, 4.69) is 15.6 Å². The Hall–Kier alpha value is -2.31. The Labute approximate surface area is 136 Å². The number of pyridine rings is 1. The first-order valence-corrected chi connectivity index (χ1v) is 7.92. The lowest BCUT2D eigenvalue weighted by atomic mass is 10.1. The van der Waals surface area contributed by atoms with Crippen LogP contribution < -0.4 is 15.4 Å². The van der Waals surface area contributed by atoms with Gasteiger partial charge in [0, 0.05) is 31.9 Å². The van der Waals surface area contributed by atoms with Crippen LogP contribution in [0, 0.1) is 0 Å². The molecule has 1 fully saturated rings. The number of hydrogen-bond donors (Lipinski definition) is 2. The first kappa shape index (κ1) is 17.1. The summed E-state index contributed by atoms with van der Waals surface area (Å²) in [4.78, 5) is 30.0. The molecule has 0 unspecified atom stereocenters. The van der Waals surface area contributed by atoms with E-state index in [1.54, 1.807) is 32.4 Å². The minimum atomic E-state index is -0.528. The van der Waals surface area contributed by atoms with Crippen molar-refractivity contribution in [3.8, 4) is 5.88 Å². The van der Waals surface area contributed by atoms with Crippen LogP contribution in [0.3, 0.4) is 0 Å². The number of likely N-dealkylation sites (tertiary alicyclic amines) is 1. The molecule has 0 bridgehead atoms. The lowest BCUT2D eigenvalue weighted by Gasteiger charge is -2.29. The molecule has 1 atom stereocenters. The quantitative estimate of drug-likeness (QED) is 0.856. The normalized spacial score (nSPS) is 15.7. The largest absolute Gasteiger partial charge is 0.481 e. The average molecular weight is 320 g/mol. The van der Waals surface area contributed by atoms with Crippen molar-refractivity contribution in [2.24, 2.45) is 0 Å². The second-order valence-electron chi connectivity index (χ2n) is 5.64. The van der Waals surface area contributed by atoms with Crippen LogP contribution in [0.1, 0.15) is 31.7 Å². The highest BCUT2D eigenvalue weighted by molar-refractivity contribution is 5.86. The molecule has 1 aliphatic rings. The Bertz CT molecular complexity index is 544. The maximum Gasteiger partial charge on any atom is 0.315 e. The van der Waals surface area contributed by atoms with Crippen molar-refractivity contribution < 1.29 is 14.3 Å². The fourth-order valence-electron chi connectivity index (χ4n) is 2.55. The molecule has 2 heterocycles. The standard InChI is InChI=1S/C16H24N4O3/c1-12(15(21)20-8-4-3-5-9-20)19-16(22)18-11-13-6-7-17-14(10-13)23-2/h6-7,10,12H,3-5,8-9,11H2,1-2H3,(H2,18,19,22)/t12-/m1/s1. The van der Waals surface area contributed by atoms with E-state index in [9.17, 15) is 9.59 Å². The van der Waals surface area contributed by atoms with Crippen LogP contribution in [0.5, 0.6) is 5.88 Å². The van der Waals surface area contributed by atoms with Gasteiger partial charge >= 0.3 is 6.03 Å². The fourth-order valence-corrected chi connectivity index (χ4v) is 2.55. The Morgan fingerprint density at radius 1 is 1.35 bits per heavy atom. The first-order chi connectivity index (χ1) is 11.1. The molecule has 1 saturated heterocycles. The van der Waals surface area contributed by atoms with Crippen LogP contribution in [0.2, 0.25) is 0 Å². The zero-order valence-electron chi connectivity index (χ0n) is 13.7. The summed E-state index contributed by atoms with van der Waals surface area (Å²) in [5.41, 5.74) is 0.877. The van der Waals surface area contributed by atoms with Crippen LogP contribution in [-0.2, 0) is 11.3 Å². The second-order valence-corrected chi connectivity index (χ2v) is 5.64. The van der Waals surface area contributed by atoms with Crippen molar-refractivity contribution in [2.75, 3.05) is 20.2 Å². The maximum absolute atomic E-state index is 12.2. The van der Waals surface area contributed by atoms with Crippen LogP contribution in [-0.4, -0.2) is 48.1 Å². The topological polar surface area (TPSA) is 83.6 Å². The first-order valence-electron chi connectivity index (χ1n) is 7.92. The summed E-state index contributed by atoms with van der Waals surface area (Å²) < 4.78 is 5.04. The summed E-state index contributed by atoms with van der Waals surface area (Å²) in [5, 5.41) is 5.42. The van der Waals surface area contributed by atoms with E-state index in [0.29, 0.717) is 12.4 Å². The average Bonchev–Trinajstić information content (AvgIpc) is 2.60. The Balaban J connectivity index is 1.78. The van der Waals surface area contributed by atoms with Crippen molar-refractivity contribution in [3.63, 3.8) is 0 Å². The molecule has 0 aromatic carbocycles. The molecule has 0 radical (unpaired) electrons. The molecule has 0 saturated carbocycles. The Morgan fingerprint density at radius 3 is 2.78 bits per heavy atom. The van der Waals surface area contributed by atoms with Gasteiger partial charge in [-0.15, -0.1) is 0 Å². The van der Waals surface area contributed by atoms with Gasteiger partial charge in [0.25, 0.3) is 0 Å². The van der Waals surface area contributed by atoms with Crippen LogP contribution in [0.25, 0.3) is 0 Å². The SMILES string of the molecule is COc1cc(CNC(=O)N[C@H](C)C(=O)N2CCCCC2)ccn1. The minimum absolute atomic E-state index is 0.0227. The number of aromatic nitrogens is 1. The summed E-state index contributed by atoms with van der Waals surface area (Å²) >= 11 is 0. The number of methoxy groups -OCH3 is 1. The zero-order chi connectivity index (χ0) is 16.7.